The van der Waals surface area contributed by atoms with Crippen LogP contribution in [0.25, 0.3) is 11.0 Å². The Hall–Kier alpha value is -1.10. The molecule has 1 atom stereocenters. The van der Waals surface area contributed by atoms with E-state index in [-0.39, 0.29) is 5.41 Å². The van der Waals surface area contributed by atoms with E-state index in [2.05, 4.69) is 41.8 Å². The largest absolute Gasteiger partial charge is 0.331 e. The third kappa shape index (κ3) is 2.64. The second kappa shape index (κ2) is 5.52. The van der Waals surface area contributed by atoms with Crippen molar-refractivity contribution in [3.8, 4) is 0 Å². The molecule has 0 aliphatic carbocycles. The lowest BCUT2D eigenvalue weighted by Crippen LogP contribution is -2.40. The van der Waals surface area contributed by atoms with E-state index in [9.17, 15) is 0 Å². The Morgan fingerprint density at radius 1 is 1.50 bits per heavy atom. The van der Waals surface area contributed by atoms with Crippen molar-refractivity contribution in [1.29, 1.82) is 0 Å². The Labute approximate surface area is 141 Å². The number of aromatic nitrogens is 2. The summed E-state index contributed by atoms with van der Waals surface area (Å²) in [5.74, 6) is 0. The molecule has 118 valence electrons. The minimum atomic E-state index is 0.0660. The van der Waals surface area contributed by atoms with Crippen molar-refractivity contribution in [2.75, 3.05) is 6.54 Å². The maximum absolute atomic E-state index is 6.50. The number of H-pyrrole nitrogens is 1. The smallest absolute Gasteiger partial charge is 0.178 e. The molecule has 3 rings (SSSR count). The number of imidazole rings is 1. The summed E-state index contributed by atoms with van der Waals surface area (Å²) in [5.41, 5.74) is 3.46. The number of hydrogen-bond acceptors (Lipinski definition) is 2. The molecule has 1 aliphatic heterocycles. The van der Waals surface area contributed by atoms with E-state index in [0.717, 1.165) is 46.0 Å². The molecule has 1 aromatic carbocycles. The maximum Gasteiger partial charge on any atom is 0.178 e. The lowest BCUT2D eigenvalue weighted by atomic mass is 9.92. The monoisotopic (exact) mass is 335 g/mol. The number of hydrogen-bond donors (Lipinski definition) is 1. The van der Waals surface area contributed by atoms with Crippen LogP contribution in [0.4, 0.5) is 0 Å². The Bertz CT molecular complexity index is 787. The lowest BCUT2D eigenvalue weighted by Gasteiger charge is -2.34. The van der Waals surface area contributed by atoms with E-state index in [1.807, 2.05) is 18.2 Å². The number of halogens is 1. The molecule has 0 unspecified atom stereocenters. The lowest BCUT2D eigenvalue weighted by molar-refractivity contribution is 0.145. The standard InChI is InChI=1S/C17H22ClN3S/c1-5-17(3,4)10-20-9-12-13(18)6-7-14-15(12)21(8-11(20)2)16(22)19-14/h5-7,11H,1,8-10H2,2-4H3,(H,19,22)/t11-/m0/s1. The molecule has 2 heterocycles. The van der Waals surface area contributed by atoms with E-state index < -0.39 is 0 Å². The predicted octanol–water partition coefficient (Wildman–Crippen LogP) is 4.77. The van der Waals surface area contributed by atoms with Crippen LogP contribution in [0.15, 0.2) is 24.8 Å². The minimum absolute atomic E-state index is 0.0660. The topological polar surface area (TPSA) is 24.0 Å². The normalized spacial score (nSPS) is 19.4. The van der Waals surface area contributed by atoms with Gasteiger partial charge in [0.25, 0.3) is 0 Å². The molecule has 5 heteroatoms. The fraction of sp³-hybridized carbons (Fsp3) is 0.471. The van der Waals surface area contributed by atoms with Gasteiger partial charge in [-0.1, -0.05) is 31.5 Å². The molecule has 0 saturated carbocycles. The number of nitrogens with zero attached hydrogens (tertiary/aromatic N) is 2. The van der Waals surface area contributed by atoms with Gasteiger partial charge in [0.2, 0.25) is 0 Å². The van der Waals surface area contributed by atoms with Gasteiger partial charge in [-0.3, -0.25) is 4.90 Å². The van der Waals surface area contributed by atoms with Crippen molar-refractivity contribution in [3.05, 3.63) is 40.1 Å². The SMILES string of the molecule is C=CC(C)(C)CN1Cc2c(Cl)ccc3[nH]c(=S)n(c23)C[C@@H]1C. The third-order valence-electron chi connectivity index (χ3n) is 4.58. The molecular formula is C17H22ClN3S. The minimum Gasteiger partial charge on any atom is -0.331 e. The van der Waals surface area contributed by atoms with Gasteiger partial charge in [-0.2, -0.15) is 0 Å². The van der Waals surface area contributed by atoms with Crippen molar-refractivity contribution in [2.24, 2.45) is 5.41 Å². The van der Waals surface area contributed by atoms with Crippen molar-refractivity contribution < 1.29 is 0 Å². The first-order chi connectivity index (χ1) is 10.3. The zero-order chi connectivity index (χ0) is 16.1. The van der Waals surface area contributed by atoms with Gasteiger partial charge in [-0.15, -0.1) is 6.58 Å². The number of aromatic amines is 1. The van der Waals surface area contributed by atoms with Crippen molar-refractivity contribution in [1.82, 2.24) is 14.5 Å². The van der Waals surface area contributed by atoms with Crippen LogP contribution in [0.5, 0.6) is 0 Å². The van der Waals surface area contributed by atoms with Crippen LogP contribution >= 0.6 is 23.8 Å². The highest BCUT2D eigenvalue weighted by molar-refractivity contribution is 7.71. The zero-order valence-corrected chi connectivity index (χ0v) is 14.9. The van der Waals surface area contributed by atoms with Crippen molar-refractivity contribution >= 4 is 34.9 Å². The first-order valence-corrected chi connectivity index (χ1v) is 8.38. The average molecular weight is 336 g/mol. The van der Waals surface area contributed by atoms with Crippen LogP contribution in [0.1, 0.15) is 26.3 Å². The summed E-state index contributed by atoms with van der Waals surface area (Å²) in [4.78, 5) is 5.77. The summed E-state index contributed by atoms with van der Waals surface area (Å²) in [7, 11) is 0. The highest BCUT2D eigenvalue weighted by atomic mass is 35.5. The molecule has 0 amide bonds. The van der Waals surface area contributed by atoms with Crippen LogP contribution in [-0.2, 0) is 13.1 Å². The molecule has 3 nitrogen and oxygen atoms in total. The Morgan fingerprint density at radius 3 is 2.91 bits per heavy atom. The first-order valence-electron chi connectivity index (χ1n) is 7.60. The summed E-state index contributed by atoms with van der Waals surface area (Å²) >= 11 is 12.0. The molecule has 0 fully saturated rings. The summed E-state index contributed by atoms with van der Waals surface area (Å²) in [6.07, 6.45) is 2.03. The van der Waals surface area contributed by atoms with Gasteiger partial charge in [-0.25, -0.2) is 0 Å². The summed E-state index contributed by atoms with van der Waals surface area (Å²) in [5, 5.41) is 0.811. The van der Waals surface area contributed by atoms with Gasteiger partial charge in [0.15, 0.2) is 4.77 Å². The zero-order valence-electron chi connectivity index (χ0n) is 13.3. The molecule has 0 bridgehead atoms. The van der Waals surface area contributed by atoms with Crippen LogP contribution in [0.2, 0.25) is 5.02 Å². The molecule has 1 aromatic heterocycles. The van der Waals surface area contributed by atoms with Crippen LogP contribution < -0.4 is 0 Å². The molecular weight excluding hydrogens is 314 g/mol. The van der Waals surface area contributed by atoms with Gasteiger partial charge < -0.3 is 9.55 Å². The highest BCUT2D eigenvalue weighted by Gasteiger charge is 2.28. The molecule has 1 N–H and O–H groups in total. The van der Waals surface area contributed by atoms with E-state index in [1.165, 1.54) is 0 Å². The van der Waals surface area contributed by atoms with Crippen molar-refractivity contribution in [3.63, 3.8) is 0 Å². The van der Waals surface area contributed by atoms with Gasteiger partial charge in [0, 0.05) is 36.3 Å². The second-order valence-electron chi connectivity index (χ2n) is 6.91. The number of nitrogens with one attached hydrogen (secondary N) is 1. The van der Waals surface area contributed by atoms with Gasteiger partial charge in [0.1, 0.15) is 0 Å². The Morgan fingerprint density at radius 2 is 2.23 bits per heavy atom. The number of rotatable bonds is 3. The highest BCUT2D eigenvalue weighted by Crippen LogP contribution is 2.32. The average Bonchev–Trinajstić information content (AvgIpc) is 2.68. The second-order valence-corrected chi connectivity index (χ2v) is 7.70. The quantitative estimate of drug-likeness (QED) is 0.645. The fourth-order valence-corrected chi connectivity index (χ4v) is 3.66. The summed E-state index contributed by atoms with van der Waals surface area (Å²) < 4.78 is 2.97. The van der Waals surface area contributed by atoms with E-state index in [4.69, 9.17) is 23.8 Å². The molecule has 0 spiro atoms. The molecule has 22 heavy (non-hydrogen) atoms. The number of benzene rings is 1. The molecule has 0 saturated heterocycles. The van der Waals surface area contributed by atoms with Gasteiger partial charge in [-0.05, 0) is 36.7 Å². The third-order valence-corrected chi connectivity index (χ3v) is 5.25. The predicted molar refractivity (Wildman–Crippen MR) is 96.0 cm³/mol. The van der Waals surface area contributed by atoms with E-state index in [1.54, 1.807) is 0 Å². The van der Waals surface area contributed by atoms with Crippen LogP contribution in [0.3, 0.4) is 0 Å². The van der Waals surface area contributed by atoms with Crippen LogP contribution in [0, 0.1) is 10.2 Å². The Kier molecular flexibility index (Phi) is 3.96. The maximum atomic E-state index is 6.50. The molecule has 2 aromatic rings. The van der Waals surface area contributed by atoms with E-state index in [0.29, 0.717) is 6.04 Å². The first kappa shape index (κ1) is 15.8. The van der Waals surface area contributed by atoms with Crippen molar-refractivity contribution in [2.45, 2.75) is 39.9 Å². The summed E-state index contributed by atoms with van der Waals surface area (Å²) in [6.45, 7) is 13.3. The van der Waals surface area contributed by atoms with Gasteiger partial charge >= 0.3 is 0 Å². The van der Waals surface area contributed by atoms with E-state index >= 15 is 0 Å². The van der Waals surface area contributed by atoms with Crippen LogP contribution in [-0.4, -0.2) is 27.0 Å². The molecule has 1 aliphatic rings. The molecule has 0 radical (unpaired) electrons. The fourth-order valence-electron chi connectivity index (χ4n) is 3.17. The Balaban J connectivity index is 2.11. The van der Waals surface area contributed by atoms with Gasteiger partial charge in [0.05, 0.1) is 11.0 Å². The summed E-state index contributed by atoms with van der Waals surface area (Å²) in [6, 6.07) is 4.36.